The Morgan fingerprint density at radius 2 is 2.05 bits per heavy atom. The highest BCUT2D eigenvalue weighted by molar-refractivity contribution is 5.92. The average molecular weight is 512 g/mol. The zero-order valence-corrected chi connectivity index (χ0v) is 21.5. The third kappa shape index (κ3) is 7.17. The number of amides is 1. The van der Waals surface area contributed by atoms with Crippen molar-refractivity contribution in [3.05, 3.63) is 59.4 Å². The van der Waals surface area contributed by atoms with Gasteiger partial charge in [-0.05, 0) is 55.3 Å². The number of hydrazine groups is 2. The summed E-state index contributed by atoms with van der Waals surface area (Å²) in [5.74, 6) is 2.07. The van der Waals surface area contributed by atoms with Gasteiger partial charge in [-0.3, -0.25) is 20.1 Å². The van der Waals surface area contributed by atoms with Crippen LogP contribution in [0.2, 0.25) is 0 Å². The number of halogens is 1. The van der Waals surface area contributed by atoms with Gasteiger partial charge in [0.25, 0.3) is 0 Å². The molecule has 1 atom stereocenters. The number of methoxy groups -OCH3 is 1. The Kier molecular flexibility index (Phi) is 8.91. The minimum atomic E-state index is -0.526. The number of hydrogen-bond acceptors (Lipinski definition) is 9. The number of ether oxygens (including phenoxy) is 2. The van der Waals surface area contributed by atoms with E-state index in [-0.39, 0.29) is 18.6 Å². The molecular formula is C26H34FN7O3. The van der Waals surface area contributed by atoms with Crippen LogP contribution in [0.25, 0.3) is 6.08 Å². The van der Waals surface area contributed by atoms with E-state index in [2.05, 4.69) is 32.9 Å². The second-order valence-corrected chi connectivity index (χ2v) is 9.03. The number of carbonyl (C=O) groups is 1. The molecular weight excluding hydrogens is 477 g/mol. The maximum atomic E-state index is 13.1. The molecule has 1 aromatic heterocycles. The fraction of sp³-hybridized carbons (Fsp3) is 0.423. The second-order valence-electron chi connectivity index (χ2n) is 9.03. The maximum absolute atomic E-state index is 13.1. The van der Waals surface area contributed by atoms with Gasteiger partial charge in [-0.1, -0.05) is 6.07 Å². The molecule has 37 heavy (non-hydrogen) atoms. The highest BCUT2D eigenvalue weighted by Gasteiger charge is 2.26. The molecule has 1 aromatic carbocycles. The molecule has 0 aliphatic carbocycles. The standard InChI is InChI=1S/C26H34FN7O3/c1-19-16-32(18-23-6-8-25(15-28-23)37-13-10-27)11-12-33(19)26(35)9-5-21-4-7-24(36-3)14-22(21)17-34-30-20(2)29-31-34/h4-9,14-15,19,31H,10-13,16-18H2,1-3H3,(H,29,30)/b9-5+/t19-/m1/s1. The molecule has 0 unspecified atom stereocenters. The summed E-state index contributed by atoms with van der Waals surface area (Å²) in [6.45, 7) is 6.79. The average Bonchev–Trinajstić information content (AvgIpc) is 3.31. The molecule has 1 saturated heterocycles. The van der Waals surface area contributed by atoms with E-state index in [0.29, 0.717) is 25.4 Å². The van der Waals surface area contributed by atoms with Crippen molar-refractivity contribution in [3.8, 4) is 11.5 Å². The monoisotopic (exact) mass is 511 g/mol. The number of piperazine rings is 1. The summed E-state index contributed by atoms with van der Waals surface area (Å²) in [5.41, 5.74) is 8.87. The number of rotatable bonds is 10. The minimum Gasteiger partial charge on any atom is -0.497 e. The topological polar surface area (TPSA) is 94.6 Å². The number of carbonyl (C=O) groups excluding carboxylic acids is 1. The lowest BCUT2D eigenvalue weighted by Gasteiger charge is -2.39. The molecule has 10 nitrogen and oxygen atoms in total. The second kappa shape index (κ2) is 12.5. The predicted octanol–water partition coefficient (Wildman–Crippen LogP) is 2.34. The lowest BCUT2D eigenvalue weighted by Crippen LogP contribution is -2.53. The van der Waals surface area contributed by atoms with Crippen LogP contribution in [0.5, 0.6) is 11.5 Å². The Bertz CT molecular complexity index is 1130. The minimum absolute atomic E-state index is 0.0157. The van der Waals surface area contributed by atoms with Crippen LogP contribution < -0.4 is 20.4 Å². The molecule has 2 N–H and O–H groups in total. The van der Waals surface area contributed by atoms with Crippen molar-refractivity contribution in [3.63, 3.8) is 0 Å². The van der Waals surface area contributed by atoms with Crippen LogP contribution in [0.15, 0.2) is 47.7 Å². The molecule has 198 valence electrons. The summed E-state index contributed by atoms with van der Waals surface area (Å²) in [5, 5.41) is 5.89. The molecule has 0 radical (unpaired) electrons. The number of aromatic nitrogens is 1. The fourth-order valence-corrected chi connectivity index (χ4v) is 4.37. The van der Waals surface area contributed by atoms with Gasteiger partial charge in [0.1, 0.15) is 30.6 Å². The number of nitrogens with zero attached hydrogens (tertiary/aromatic N) is 5. The Morgan fingerprint density at radius 3 is 2.73 bits per heavy atom. The van der Waals surface area contributed by atoms with E-state index in [1.54, 1.807) is 24.5 Å². The number of hydrazone groups is 1. The van der Waals surface area contributed by atoms with Gasteiger partial charge in [0.2, 0.25) is 5.91 Å². The summed E-state index contributed by atoms with van der Waals surface area (Å²) < 4.78 is 22.9. The van der Waals surface area contributed by atoms with Gasteiger partial charge in [0, 0.05) is 38.3 Å². The molecule has 2 aliphatic heterocycles. The van der Waals surface area contributed by atoms with Crippen molar-refractivity contribution in [1.82, 2.24) is 30.9 Å². The van der Waals surface area contributed by atoms with Crippen molar-refractivity contribution in [2.24, 2.45) is 5.10 Å². The van der Waals surface area contributed by atoms with E-state index in [1.807, 2.05) is 48.2 Å². The summed E-state index contributed by atoms with van der Waals surface area (Å²) in [4.78, 5) is 21.7. The first-order valence-corrected chi connectivity index (χ1v) is 12.3. The molecule has 2 aromatic rings. The molecule has 0 bridgehead atoms. The van der Waals surface area contributed by atoms with Gasteiger partial charge in [-0.25, -0.2) is 9.93 Å². The SMILES string of the molecule is COc1ccc(/C=C/C(=O)N2CCN(Cc3ccc(OCCF)cn3)C[C@H]2C)c(CN2NN=C(C)N2)c1. The number of alkyl halides is 1. The molecule has 0 saturated carbocycles. The van der Waals surface area contributed by atoms with E-state index in [9.17, 15) is 9.18 Å². The van der Waals surface area contributed by atoms with E-state index < -0.39 is 6.67 Å². The van der Waals surface area contributed by atoms with Gasteiger partial charge in [-0.15, -0.1) is 10.2 Å². The van der Waals surface area contributed by atoms with Crippen LogP contribution in [0.3, 0.4) is 0 Å². The van der Waals surface area contributed by atoms with Gasteiger partial charge in [0.05, 0.1) is 25.5 Å². The van der Waals surface area contributed by atoms with Gasteiger partial charge >= 0.3 is 0 Å². The van der Waals surface area contributed by atoms with Crippen LogP contribution in [0.4, 0.5) is 4.39 Å². The molecule has 4 rings (SSSR count). The Balaban J connectivity index is 1.33. The summed E-state index contributed by atoms with van der Waals surface area (Å²) >= 11 is 0. The van der Waals surface area contributed by atoms with E-state index in [0.717, 1.165) is 41.5 Å². The highest BCUT2D eigenvalue weighted by Crippen LogP contribution is 2.21. The molecule has 0 spiro atoms. The van der Waals surface area contributed by atoms with Crippen LogP contribution in [0.1, 0.15) is 30.7 Å². The maximum Gasteiger partial charge on any atom is 0.246 e. The number of benzene rings is 1. The van der Waals surface area contributed by atoms with E-state index in [1.165, 1.54) is 0 Å². The van der Waals surface area contributed by atoms with Crippen molar-refractivity contribution < 1.29 is 18.7 Å². The zero-order chi connectivity index (χ0) is 26.2. The lowest BCUT2D eigenvalue weighted by atomic mass is 10.1. The molecule has 1 fully saturated rings. The number of nitrogens with one attached hydrogen (secondary N) is 2. The van der Waals surface area contributed by atoms with Crippen molar-refractivity contribution in [1.29, 1.82) is 0 Å². The van der Waals surface area contributed by atoms with Crippen LogP contribution in [0, 0.1) is 0 Å². The summed E-state index contributed by atoms with van der Waals surface area (Å²) in [6, 6.07) is 9.55. The molecule has 2 aliphatic rings. The Labute approximate surface area is 216 Å². The number of hydrogen-bond donors (Lipinski definition) is 2. The van der Waals surface area contributed by atoms with Gasteiger partial charge in [0.15, 0.2) is 0 Å². The largest absolute Gasteiger partial charge is 0.497 e. The zero-order valence-electron chi connectivity index (χ0n) is 21.5. The smallest absolute Gasteiger partial charge is 0.246 e. The Morgan fingerprint density at radius 1 is 1.22 bits per heavy atom. The highest BCUT2D eigenvalue weighted by atomic mass is 19.1. The normalized spacial score (nSPS) is 18.4. The first kappa shape index (κ1) is 26.4. The fourth-order valence-electron chi connectivity index (χ4n) is 4.37. The molecule has 3 heterocycles. The van der Waals surface area contributed by atoms with Crippen molar-refractivity contribution in [2.75, 3.05) is 40.0 Å². The number of amidine groups is 1. The molecule has 11 heteroatoms. The van der Waals surface area contributed by atoms with Crippen molar-refractivity contribution >= 4 is 17.8 Å². The number of pyridine rings is 1. The van der Waals surface area contributed by atoms with Crippen molar-refractivity contribution in [2.45, 2.75) is 33.0 Å². The third-order valence-corrected chi connectivity index (χ3v) is 6.24. The van der Waals surface area contributed by atoms with Gasteiger partial charge < -0.3 is 14.4 Å². The van der Waals surface area contributed by atoms with Crippen LogP contribution in [-0.4, -0.2) is 77.7 Å². The van der Waals surface area contributed by atoms with E-state index >= 15 is 0 Å². The summed E-state index contributed by atoms with van der Waals surface area (Å²) in [6.07, 6.45) is 5.12. The first-order chi connectivity index (χ1) is 17.9. The lowest BCUT2D eigenvalue weighted by molar-refractivity contribution is -0.130. The molecule has 1 amide bonds. The quantitative estimate of drug-likeness (QED) is 0.470. The van der Waals surface area contributed by atoms with E-state index in [4.69, 9.17) is 9.47 Å². The summed E-state index contributed by atoms with van der Waals surface area (Å²) in [7, 11) is 1.63. The predicted molar refractivity (Wildman–Crippen MR) is 139 cm³/mol. The van der Waals surface area contributed by atoms with Crippen LogP contribution >= 0.6 is 0 Å². The van der Waals surface area contributed by atoms with Gasteiger partial charge in [-0.2, -0.15) is 0 Å². The Hall–Kier alpha value is -3.70. The first-order valence-electron chi connectivity index (χ1n) is 12.3. The third-order valence-electron chi connectivity index (χ3n) is 6.24. The van der Waals surface area contributed by atoms with Crippen LogP contribution in [-0.2, 0) is 17.9 Å².